The summed E-state index contributed by atoms with van der Waals surface area (Å²) in [6.07, 6.45) is -1.20. The smallest absolute Gasteiger partial charge is 0.376 e. The molecule has 3 aliphatic heterocycles. The van der Waals surface area contributed by atoms with Crippen molar-refractivity contribution in [2.45, 2.75) is 94.7 Å². The highest BCUT2D eigenvalue weighted by atomic mass is 19.4. The lowest BCUT2D eigenvalue weighted by Crippen LogP contribution is -2.52. The first-order chi connectivity index (χ1) is 17.6. The van der Waals surface area contributed by atoms with Crippen LogP contribution in [0.3, 0.4) is 0 Å². The van der Waals surface area contributed by atoms with E-state index in [0.717, 1.165) is 12.8 Å². The minimum absolute atomic E-state index is 0.0302. The minimum atomic E-state index is -4.15. The number of hydrogen-bond acceptors (Lipinski definition) is 5. The summed E-state index contributed by atoms with van der Waals surface area (Å²) in [5.41, 5.74) is 0.848. The Kier molecular flexibility index (Phi) is 7.28. The summed E-state index contributed by atoms with van der Waals surface area (Å²) in [5.74, 6) is -3.11. The summed E-state index contributed by atoms with van der Waals surface area (Å²) in [6, 6.07) is 2.20. The van der Waals surface area contributed by atoms with E-state index in [0.29, 0.717) is 25.0 Å². The standard InChI is InChI=1S/C26H31F4N3O4/c27-23-14(3-8-17-18(23)13-33(25(17)36)20-9-10-22(34)32-24(20)35)12-21-19(2-1-11-37-21)31-16-6-4-15(5-7-16)26(28,29)30/h3,8,15-16,19-21,31H,1-2,4-7,9-13H2,(H,32,34,35)/t15-,16-,19-,20?,21+/m0/s1. The molecule has 2 saturated heterocycles. The second-order valence-electron chi connectivity index (χ2n) is 10.6. The number of nitrogens with zero attached hydrogens (tertiary/aromatic N) is 1. The molecule has 5 rings (SSSR count). The van der Waals surface area contributed by atoms with E-state index in [-0.39, 0.29) is 73.9 Å². The molecule has 1 aromatic rings. The Bertz CT molecular complexity index is 1070. The largest absolute Gasteiger partial charge is 0.391 e. The Balaban J connectivity index is 1.25. The molecule has 1 aliphatic carbocycles. The van der Waals surface area contributed by atoms with Gasteiger partial charge in [-0.15, -0.1) is 0 Å². The summed E-state index contributed by atoms with van der Waals surface area (Å²) in [6.45, 7) is 0.480. The molecule has 1 saturated carbocycles. The van der Waals surface area contributed by atoms with Crippen LogP contribution >= 0.6 is 0 Å². The Morgan fingerprint density at radius 3 is 2.51 bits per heavy atom. The van der Waals surface area contributed by atoms with E-state index < -0.39 is 35.8 Å². The third-order valence-electron chi connectivity index (χ3n) is 8.23. The van der Waals surface area contributed by atoms with E-state index in [1.54, 1.807) is 12.1 Å². The van der Waals surface area contributed by atoms with Crippen molar-refractivity contribution in [3.63, 3.8) is 0 Å². The fourth-order valence-electron chi connectivity index (χ4n) is 6.15. The molecule has 3 amide bonds. The molecule has 3 fully saturated rings. The quantitative estimate of drug-likeness (QED) is 0.455. The maximum atomic E-state index is 15.6. The first-order valence-electron chi connectivity index (χ1n) is 13.0. The fourth-order valence-corrected chi connectivity index (χ4v) is 6.15. The number of carbonyl (C=O) groups is 3. The number of amides is 3. The van der Waals surface area contributed by atoms with Gasteiger partial charge in [0.05, 0.1) is 18.6 Å². The van der Waals surface area contributed by atoms with Crippen molar-refractivity contribution >= 4 is 17.7 Å². The van der Waals surface area contributed by atoms with Crippen molar-refractivity contribution in [3.05, 3.63) is 34.6 Å². The van der Waals surface area contributed by atoms with Crippen molar-refractivity contribution in [1.82, 2.24) is 15.5 Å². The van der Waals surface area contributed by atoms with Crippen LogP contribution in [0.15, 0.2) is 12.1 Å². The third kappa shape index (κ3) is 5.38. The van der Waals surface area contributed by atoms with E-state index in [9.17, 15) is 27.6 Å². The maximum absolute atomic E-state index is 15.6. The van der Waals surface area contributed by atoms with Crippen LogP contribution in [0.2, 0.25) is 0 Å². The van der Waals surface area contributed by atoms with Gasteiger partial charge in [-0.3, -0.25) is 19.7 Å². The van der Waals surface area contributed by atoms with Gasteiger partial charge in [-0.1, -0.05) is 6.07 Å². The number of carbonyl (C=O) groups excluding carboxylic acids is 3. The molecule has 11 heteroatoms. The molecule has 0 aromatic heterocycles. The SMILES string of the molecule is O=C1CCC(N2Cc3c(ccc(C[C@H]4OCCC[C@@H]4N[C@H]4CC[C@H](C(F)(F)F)CC4)c3F)C2=O)C(=O)N1. The number of rotatable bonds is 5. The highest BCUT2D eigenvalue weighted by molar-refractivity contribution is 6.05. The fraction of sp³-hybridized carbons (Fsp3) is 0.654. The minimum Gasteiger partial charge on any atom is -0.376 e. The molecule has 3 atom stereocenters. The lowest BCUT2D eigenvalue weighted by Gasteiger charge is -2.38. The molecule has 0 bridgehead atoms. The van der Waals surface area contributed by atoms with Crippen LogP contribution in [0.1, 0.15) is 72.9 Å². The predicted octanol–water partition coefficient (Wildman–Crippen LogP) is 3.39. The Labute approximate surface area is 212 Å². The van der Waals surface area contributed by atoms with Crippen LogP contribution in [0, 0.1) is 11.7 Å². The molecule has 3 heterocycles. The van der Waals surface area contributed by atoms with Crippen molar-refractivity contribution in [2.24, 2.45) is 5.92 Å². The third-order valence-corrected chi connectivity index (χ3v) is 8.23. The molecule has 1 aromatic carbocycles. The molecule has 0 radical (unpaired) electrons. The van der Waals surface area contributed by atoms with Gasteiger partial charge in [0.25, 0.3) is 5.91 Å². The molecular formula is C26H31F4N3O4. The molecule has 37 heavy (non-hydrogen) atoms. The van der Waals surface area contributed by atoms with Crippen molar-refractivity contribution in [3.8, 4) is 0 Å². The maximum Gasteiger partial charge on any atom is 0.391 e. The predicted molar refractivity (Wildman–Crippen MR) is 124 cm³/mol. The lowest BCUT2D eigenvalue weighted by molar-refractivity contribution is -0.183. The molecule has 1 unspecified atom stereocenters. The number of ether oxygens (including phenoxy) is 1. The van der Waals surface area contributed by atoms with Crippen molar-refractivity contribution < 1.29 is 36.7 Å². The Morgan fingerprint density at radius 1 is 1.05 bits per heavy atom. The van der Waals surface area contributed by atoms with Crippen LogP contribution in [-0.4, -0.2) is 59.6 Å². The Hall–Kier alpha value is -2.53. The van der Waals surface area contributed by atoms with Gasteiger partial charge >= 0.3 is 6.18 Å². The van der Waals surface area contributed by atoms with Gasteiger partial charge in [0, 0.05) is 42.7 Å². The molecule has 4 aliphatic rings. The van der Waals surface area contributed by atoms with Crippen molar-refractivity contribution in [1.29, 1.82) is 0 Å². The number of fused-ring (bicyclic) bond motifs is 1. The second-order valence-corrected chi connectivity index (χ2v) is 10.6. The zero-order chi connectivity index (χ0) is 26.3. The van der Waals surface area contributed by atoms with Gasteiger partial charge in [0.2, 0.25) is 11.8 Å². The molecule has 7 nitrogen and oxygen atoms in total. The van der Waals surface area contributed by atoms with Gasteiger partial charge in [-0.2, -0.15) is 13.2 Å². The first kappa shape index (κ1) is 26.1. The molecule has 0 spiro atoms. The number of piperidine rings is 1. The van der Waals surface area contributed by atoms with Crippen LogP contribution in [0.25, 0.3) is 0 Å². The number of nitrogens with one attached hydrogen (secondary N) is 2. The summed E-state index contributed by atoms with van der Waals surface area (Å²) < 4.78 is 60.7. The monoisotopic (exact) mass is 525 g/mol. The van der Waals surface area contributed by atoms with Crippen LogP contribution in [-0.2, 0) is 27.3 Å². The molecule has 2 N–H and O–H groups in total. The Morgan fingerprint density at radius 2 is 1.81 bits per heavy atom. The lowest BCUT2D eigenvalue weighted by atomic mass is 9.84. The van der Waals surface area contributed by atoms with E-state index >= 15 is 4.39 Å². The number of benzene rings is 1. The van der Waals surface area contributed by atoms with E-state index in [4.69, 9.17) is 4.74 Å². The number of imide groups is 1. The summed E-state index contributed by atoms with van der Waals surface area (Å²) in [5, 5.41) is 5.73. The first-order valence-corrected chi connectivity index (χ1v) is 13.0. The van der Waals surface area contributed by atoms with Gasteiger partial charge in [0.1, 0.15) is 11.9 Å². The highest BCUT2D eigenvalue weighted by Gasteiger charge is 2.43. The number of hydrogen-bond donors (Lipinski definition) is 2. The summed E-state index contributed by atoms with van der Waals surface area (Å²) in [4.78, 5) is 38.0. The highest BCUT2D eigenvalue weighted by Crippen LogP contribution is 2.38. The number of halogens is 4. The summed E-state index contributed by atoms with van der Waals surface area (Å²) in [7, 11) is 0. The molecular weight excluding hydrogens is 494 g/mol. The van der Waals surface area contributed by atoms with Crippen LogP contribution < -0.4 is 10.6 Å². The van der Waals surface area contributed by atoms with E-state index in [1.165, 1.54) is 4.90 Å². The summed E-state index contributed by atoms with van der Waals surface area (Å²) >= 11 is 0. The van der Waals surface area contributed by atoms with Gasteiger partial charge in [-0.25, -0.2) is 4.39 Å². The zero-order valence-corrected chi connectivity index (χ0v) is 20.4. The zero-order valence-electron chi connectivity index (χ0n) is 20.4. The average Bonchev–Trinajstić information content (AvgIpc) is 3.18. The van der Waals surface area contributed by atoms with E-state index in [2.05, 4.69) is 10.6 Å². The average molecular weight is 526 g/mol. The van der Waals surface area contributed by atoms with Crippen molar-refractivity contribution in [2.75, 3.05) is 6.61 Å². The van der Waals surface area contributed by atoms with Gasteiger partial charge in [0.15, 0.2) is 0 Å². The van der Waals surface area contributed by atoms with Crippen LogP contribution in [0.5, 0.6) is 0 Å². The van der Waals surface area contributed by atoms with Gasteiger partial charge < -0.3 is 15.0 Å². The van der Waals surface area contributed by atoms with Gasteiger partial charge in [-0.05, 0) is 56.6 Å². The van der Waals surface area contributed by atoms with Crippen LogP contribution in [0.4, 0.5) is 17.6 Å². The topological polar surface area (TPSA) is 87.7 Å². The van der Waals surface area contributed by atoms with E-state index in [1.807, 2.05) is 0 Å². The molecule has 202 valence electrons. The number of alkyl halides is 3. The second kappa shape index (κ2) is 10.3. The normalized spacial score (nSPS) is 30.9.